The van der Waals surface area contributed by atoms with Crippen molar-refractivity contribution in [3.05, 3.63) is 35.0 Å². The average molecular weight is 219 g/mol. The second kappa shape index (κ2) is 3.73. The van der Waals surface area contributed by atoms with Crippen LogP contribution < -0.4 is 11.3 Å². The highest BCUT2D eigenvalue weighted by atomic mass is 35.5. The smallest absolute Gasteiger partial charge is 0.162 e. The molecule has 4 nitrogen and oxygen atoms in total. The Bertz CT molecular complexity index is 559. The fourth-order valence-electron chi connectivity index (χ4n) is 1.41. The molecule has 0 saturated heterocycles. The van der Waals surface area contributed by atoms with Gasteiger partial charge < -0.3 is 5.43 Å². The Hall–Kier alpha value is -1.83. The molecule has 0 saturated carbocycles. The van der Waals surface area contributed by atoms with Crippen LogP contribution in [0.25, 0.3) is 10.8 Å². The molecule has 2 rings (SSSR count). The van der Waals surface area contributed by atoms with Gasteiger partial charge >= 0.3 is 0 Å². The lowest BCUT2D eigenvalue weighted by Gasteiger charge is -2.07. The zero-order valence-electron chi connectivity index (χ0n) is 7.66. The summed E-state index contributed by atoms with van der Waals surface area (Å²) in [5.41, 5.74) is 2.62. The van der Waals surface area contributed by atoms with Crippen molar-refractivity contribution in [2.75, 3.05) is 5.43 Å². The van der Waals surface area contributed by atoms with Crippen molar-refractivity contribution in [3.63, 3.8) is 0 Å². The topological polar surface area (TPSA) is 74.7 Å². The normalized spacial score (nSPS) is 9.93. The lowest BCUT2D eigenvalue weighted by Crippen LogP contribution is -2.09. The molecular formula is C10H7ClN4. The third kappa shape index (κ3) is 1.48. The minimum atomic E-state index is 0.170. The summed E-state index contributed by atoms with van der Waals surface area (Å²) in [4.78, 5) is 4.01. The van der Waals surface area contributed by atoms with E-state index in [1.807, 2.05) is 30.3 Å². The number of benzene rings is 1. The van der Waals surface area contributed by atoms with E-state index in [-0.39, 0.29) is 5.69 Å². The van der Waals surface area contributed by atoms with E-state index in [4.69, 9.17) is 22.7 Å². The van der Waals surface area contributed by atoms with Crippen LogP contribution in [0.5, 0.6) is 0 Å². The van der Waals surface area contributed by atoms with E-state index in [9.17, 15) is 0 Å². The number of pyridine rings is 1. The zero-order chi connectivity index (χ0) is 10.8. The number of rotatable bonds is 1. The number of nitrogens with two attached hydrogens (primary N) is 1. The molecule has 0 unspecified atom stereocenters. The Balaban J connectivity index is 2.92. The predicted molar refractivity (Wildman–Crippen MR) is 59.3 cm³/mol. The van der Waals surface area contributed by atoms with Crippen LogP contribution in [0.4, 0.5) is 5.82 Å². The average Bonchev–Trinajstić information content (AvgIpc) is 2.30. The quantitative estimate of drug-likeness (QED) is 0.568. The van der Waals surface area contributed by atoms with Crippen LogP contribution in [-0.4, -0.2) is 4.98 Å². The van der Waals surface area contributed by atoms with Gasteiger partial charge in [-0.3, -0.25) is 0 Å². The summed E-state index contributed by atoms with van der Waals surface area (Å²) in [6, 6.07) is 9.28. The van der Waals surface area contributed by atoms with Crippen LogP contribution in [0.2, 0.25) is 5.02 Å². The first-order chi connectivity index (χ1) is 7.27. The maximum atomic E-state index is 8.83. The van der Waals surface area contributed by atoms with E-state index in [1.54, 1.807) is 0 Å². The van der Waals surface area contributed by atoms with Gasteiger partial charge in [0, 0.05) is 10.8 Å². The van der Waals surface area contributed by atoms with Gasteiger partial charge in [-0.1, -0.05) is 35.9 Å². The maximum Gasteiger partial charge on any atom is 0.162 e. The number of hydrogen-bond donors (Lipinski definition) is 2. The molecule has 0 spiro atoms. The number of fused-ring (bicyclic) bond motifs is 1. The van der Waals surface area contributed by atoms with Gasteiger partial charge in [-0.25, -0.2) is 10.8 Å². The van der Waals surface area contributed by atoms with Crippen LogP contribution in [0.1, 0.15) is 5.69 Å². The van der Waals surface area contributed by atoms with Gasteiger partial charge in [-0.2, -0.15) is 5.26 Å². The lowest BCUT2D eigenvalue weighted by molar-refractivity contribution is 1.22. The molecular weight excluding hydrogens is 212 g/mol. The minimum Gasteiger partial charge on any atom is -0.308 e. The first kappa shape index (κ1) is 9.71. The lowest BCUT2D eigenvalue weighted by atomic mass is 10.1. The van der Waals surface area contributed by atoms with E-state index >= 15 is 0 Å². The fourth-order valence-corrected chi connectivity index (χ4v) is 1.66. The Labute approximate surface area is 91.3 Å². The van der Waals surface area contributed by atoms with Gasteiger partial charge in [0.1, 0.15) is 11.9 Å². The monoisotopic (exact) mass is 218 g/mol. The van der Waals surface area contributed by atoms with Gasteiger partial charge in [0.2, 0.25) is 0 Å². The van der Waals surface area contributed by atoms with Gasteiger partial charge in [0.05, 0.1) is 5.02 Å². The van der Waals surface area contributed by atoms with Crippen molar-refractivity contribution in [2.24, 2.45) is 5.84 Å². The van der Waals surface area contributed by atoms with Crippen molar-refractivity contribution in [3.8, 4) is 6.07 Å². The van der Waals surface area contributed by atoms with E-state index in [0.29, 0.717) is 10.8 Å². The molecule has 5 heteroatoms. The summed E-state index contributed by atoms with van der Waals surface area (Å²) in [7, 11) is 0. The van der Waals surface area contributed by atoms with Crippen molar-refractivity contribution in [1.29, 1.82) is 5.26 Å². The molecule has 0 radical (unpaired) electrons. The van der Waals surface area contributed by atoms with Crippen molar-refractivity contribution in [1.82, 2.24) is 4.98 Å². The molecule has 0 bridgehead atoms. The van der Waals surface area contributed by atoms with Crippen LogP contribution in [0, 0.1) is 11.3 Å². The van der Waals surface area contributed by atoms with Crippen molar-refractivity contribution >= 4 is 28.2 Å². The number of anilines is 1. The summed E-state index contributed by atoms with van der Waals surface area (Å²) < 4.78 is 0. The van der Waals surface area contributed by atoms with Gasteiger partial charge in [0.25, 0.3) is 0 Å². The van der Waals surface area contributed by atoms with Crippen LogP contribution >= 0.6 is 11.6 Å². The highest BCUT2D eigenvalue weighted by Crippen LogP contribution is 2.29. The molecule has 1 aromatic carbocycles. The van der Waals surface area contributed by atoms with Crippen LogP contribution in [0.3, 0.4) is 0 Å². The Morgan fingerprint density at radius 1 is 1.33 bits per heavy atom. The molecule has 2 aromatic rings. The largest absolute Gasteiger partial charge is 0.308 e. The number of hydrazine groups is 1. The summed E-state index contributed by atoms with van der Waals surface area (Å²) in [6.07, 6.45) is 0. The maximum absolute atomic E-state index is 8.83. The summed E-state index contributed by atoms with van der Waals surface area (Å²) in [5.74, 6) is 5.78. The predicted octanol–water partition coefficient (Wildman–Crippen LogP) is 2.05. The first-order valence-electron chi connectivity index (χ1n) is 4.23. The number of aromatic nitrogens is 1. The molecule has 74 valence electrons. The SMILES string of the molecule is N#Cc1nc(NN)c2ccccc2c1Cl. The second-order valence-corrected chi connectivity index (χ2v) is 3.30. The number of halogens is 1. The Kier molecular flexibility index (Phi) is 2.42. The fraction of sp³-hybridized carbons (Fsp3) is 0. The number of nitrogens with one attached hydrogen (secondary N) is 1. The summed E-state index contributed by atoms with van der Waals surface area (Å²) in [5, 5.41) is 10.7. The molecule has 0 atom stereocenters. The van der Waals surface area contributed by atoms with Crippen LogP contribution in [0.15, 0.2) is 24.3 Å². The third-order valence-corrected chi connectivity index (χ3v) is 2.48. The van der Waals surface area contributed by atoms with Gasteiger partial charge in [-0.05, 0) is 0 Å². The standard InChI is InChI=1S/C10H7ClN4/c11-9-6-3-1-2-4-7(6)10(15-13)14-8(9)5-12/h1-4H,13H2,(H,14,15). The highest BCUT2D eigenvalue weighted by Gasteiger charge is 2.10. The van der Waals surface area contributed by atoms with Crippen molar-refractivity contribution in [2.45, 2.75) is 0 Å². The number of nitriles is 1. The minimum absolute atomic E-state index is 0.170. The van der Waals surface area contributed by atoms with Gasteiger partial charge in [-0.15, -0.1) is 0 Å². The molecule has 0 aliphatic carbocycles. The number of nitrogen functional groups attached to an aromatic ring is 1. The number of hydrogen-bond acceptors (Lipinski definition) is 4. The molecule has 0 aliphatic heterocycles. The molecule has 1 aromatic heterocycles. The highest BCUT2D eigenvalue weighted by molar-refractivity contribution is 6.36. The molecule has 0 fully saturated rings. The number of nitrogens with zero attached hydrogens (tertiary/aromatic N) is 2. The first-order valence-corrected chi connectivity index (χ1v) is 4.60. The van der Waals surface area contributed by atoms with E-state index in [0.717, 1.165) is 10.8 Å². The molecule has 0 amide bonds. The summed E-state index contributed by atoms with van der Waals surface area (Å²) in [6.45, 7) is 0. The molecule has 15 heavy (non-hydrogen) atoms. The van der Waals surface area contributed by atoms with E-state index < -0.39 is 0 Å². The third-order valence-electron chi connectivity index (χ3n) is 2.09. The van der Waals surface area contributed by atoms with E-state index in [2.05, 4.69) is 10.4 Å². The Morgan fingerprint density at radius 2 is 2.00 bits per heavy atom. The van der Waals surface area contributed by atoms with Crippen molar-refractivity contribution < 1.29 is 0 Å². The van der Waals surface area contributed by atoms with Gasteiger partial charge in [0.15, 0.2) is 5.69 Å². The summed E-state index contributed by atoms with van der Waals surface area (Å²) >= 11 is 6.02. The molecule has 3 N–H and O–H groups in total. The Morgan fingerprint density at radius 3 is 2.60 bits per heavy atom. The zero-order valence-corrected chi connectivity index (χ0v) is 8.42. The van der Waals surface area contributed by atoms with E-state index in [1.165, 1.54) is 0 Å². The molecule has 1 heterocycles. The molecule has 0 aliphatic rings. The van der Waals surface area contributed by atoms with Crippen LogP contribution in [-0.2, 0) is 0 Å². The second-order valence-electron chi connectivity index (χ2n) is 2.92.